The number of likely N-dealkylation sites (tertiary alicyclic amines) is 1. The zero-order valence-electron chi connectivity index (χ0n) is 21.1. The molecule has 1 aromatic rings. The summed E-state index contributed by atoms with van der Waals surface area (Å²) >= 11 is 8.04. The monoisotopic (exact) mass is 521 g/mol. The molecule has 3 saturated heterocycles. The highest BCUT2D eigenvalue weighted by atomic mass is 35.5. The number of nitrogens with one attached hydrogen (secondary N) is 2. The van der Waals surface area contributed by atoms with Gasteiger partial charge in [-0.2, -0.15) is 0 Å². The molecule has 9 heteroatoms. The van der Waals surface area contributed by atoms with Crippen molar-refractivity contribution in [2.24, 2.45) is 17.8 Å². The van der Waals surface area contributed by atoms with E-state index in [1.54, 1.807) is 22.7 Å². The van der Waals surface area contributed by atoms with Crippen molar-refractivity contribution in [1.82, 2.24) is 10.2 Å². The number of aliphatic hydroxyl groups is 1. The first kappa shape index (κ1) is 26.3. The normalized spacial score (nSPS) is 32.2. The second-order valence-corrected chi connectivity index (χ2v) is 13.0. The number of nitrogens with zero attached hydrogens (tertiary/aromatic N) is 1. The molecule has 0 radical (unpaired) electrons. The summed E-state index contributed by atoms with van der Waals surface area (Å²) in [5, 5.41) is 16.7. The number of thioether (sulfide) groups is 1. The van der Waals surface area contributed by atoms with Gasteiger partial charge in [-0.25, -0.2) is 0 Å². The average Bonchev–Trinajstić information content (AvgIpc) is 3.36. The number of aryl methyl sites for hydroxylation is 1. The number of amides is 3. The number of hydrogen-bond acceptors (Lipinski definition) is 5. The lowest BCUT2D eigenvalue weighted by atomic mass is 9.66. The van der Waals surface area contributed by atoms with Gasteiger partial charge in [-0.3, -0.25) is 14.4 Å². The number of halogens is 1. The summed E-state index contributed by atoms with van der Waals surface area (Å²) in [6.07, 6.45) is 2.22. The molecular weight excluding hydrogens is 486 g/mol. The Kier molecular flexibility index (Phi) is 7.21. The molecule has 3 aliphatic heterocycles. The van der Waals surface area contributed by atoms with Gasteiger partial charge in [0, 0.05) is 11.3 Å². The SMILES string of the molecule is CCCNC(=O)[C@H]1[C@H]2C(=O)N([C@@H](CO)C(C)C)C(C(=O)Nc3c(C)cccc3Cl)C23CC[C@]1(C)S3. The highest BCUT2D eigenvalue weighted by Crippen LogP contribution is 2.71. The van der Waals surface area contributed by atoms with E-state index < -0.39 is 33.4 Å². The van der Waals surface area contributed by atoms with Gasteiger partial charge in [0.1, 0.15) is 6.04 Å². The number of anilines is 1. The van der Waals surface area contributed by atoms with Crippen LogP contribution >= 0.6 is 23.4 Å². The second-order valence-electron chi connectivity index (χ2n) is 10.7. The Morgan fingerprint density at radius 1 is 1.29 bits per heavy atom. The van der Waals surface area contributed by atoms with E-state index >= 15 is 0 Å². The van der Waals surface area contributed by atoms with Gasteiger partial charge in [-0.1, -0.05) is 44.5 Å². The smallest absolute Gasteiger partial charge is 0.248 e. The Labute approximate surface area is 216 Å². The number of rotatable bonds is 8. The number of benzene rings is 1. The lowest BCUT2D eigenvalue weighted by Gasteiger charge is -2.38. The van der Waals surface area contributed by atoms with Crippen LogP contribution in [-0.2, 0) is 14.4 Å². The van der Waals surface area contributed by atoms with Crippen molar-refractivity contribution in [3.8, 4) is 0 Å². The fourth-order valence-corrected chi connectivity index (χ4v) is 8.99. The van der Waals surface area contributed by atoms with Crippen molar-refractivity contribution < 1.29 is 19.5 Å². The Balaban J connectivity index is 1.79. The lowest BCUT2D eigenvalue weighted by molar-refractivity contribution is -0.143. The molecule has 1 spiro atoms. The molecule has 3 fully saturated rings. The van der Waals surface area contributed by atoms with Crippen molar-refractivity contribution in [2.45, 2.75) is 75.5 Å². The third-order valence-electron chi connectivity index (χ3n) is 8.08. The maximum atomic E-state index is 14.1. The molecule has 0 saturated carbocycles. The first-order chi connectivity index (χ1) is 16.5. The van der Waals surface area contributed by atoms with E-state index in [9.17, 15) is 19.5 Å². The molecule has 1 aromatic carbocycles. The minimum atomic E-state index is -0.814. The summed E-state index contributed by atoms with van der Waals surface area (Å²) in [5.41, 5.74) is 1.35. The maximum Gasteiger partial charge on any atom is 0.248 e. The van der Waals surface area contributed by atoms with Crippen LogP contribution in [0.3, 0.4) is 0 Å². The highest BCUT2D eigenvalue weighted by Gasteiger charge is 2.77. The van der Waals surface area contributed by atoms with Gasteiger partial charge in [0.15, 0.2) is 0 Å². The molecular formula is C26H36ClN3O4S. The van der Waals surface area contributed by atoms with Crippen LogP contribution in [0.25, 0.3) is 0 Å². The van der Waals surface area contributed by atoms with Crippen LogP contribution in [0.4, 0.5) is 5.69 Å². The maximum absolute atomic E-state index is 14.1. The summed E-state index contributed by atoms with van der Waals surface area (Å²) in [4.78, 5) is 43.1. The predicted molar refractivity (Wildman–Crippen MR) is 139 cm³/mol. The highest BCUT2D eigenvalue weighted by molar-refractivity contribution is 8.02. The van der Waals surface area contributed by atoms with Gasteiger partial charge >= 0.3 is 0 Å². The van der Waals surface area contributed by atoms with Gasteiger partial charge in [-0.15, -0.1) is 11.8 Å². The van der Waals surface area contributed by atoms with Crippen molar-refractivity contribution in [3.63, 3.8) is 0 Å². The van der Waals surface area contributed by atoms with Gasteiger partial charge < -0.3 is 20.6 Å². The van der Waals surface area contributed by atoms with Gasteiger partial charge in [-0.05, 0) is 50.7 Å². The molecule has 35 heavy (non-hydrogen) atoms. The largest absolute Gasteiger partial charge is 0.394 e. The number of fused-ring (bicyclic) bond motifs is 1. The quantitative estimate of drug-likeness (QED) is 0.485. The van der Waals surface area contributed by atoms with Crippen LogP contribution < -0.4 is 10.6 Å². The first-order valence-electron chi connectivity index (χ1n) is 12.5. The van der Waals surface area contributed by atoms with Crippen molar-refractivity contribution >= 4 is 46.8 Å². The fraction of sp³-hybridized carbons (Fsp3) is 0.654. The first-order valence-corrected chi connectivity index (χ1v) is 13.7. The van der Waals surface area contributed by atoms with E-state index in [1.807, 2.05) is 39.8 Å². The van der Waals surface area contributed by atoms with E-state index in [0.29, 0.717) is 23.7 Å². The van der Waals surface area contributed by atoms with Gasteiger partial charge in [0.05, 0.1) is 39.9 Å². The Hall–Kier alpha value is -1.77. The Morgan fingerprint density at radius 3 is 2.60 bits per heavy atom. The number of hydrogen-bond donors (Lipinski definition) is 3. The summed E-state index contributed by atoms with van der Waals surface area (Å²) in [6.45, 7) is 10.1. The zero-order chi connectivity index (χ0) is 25.7. The van der Waals surface area contributed by atoms with E-state index in [2.05, 4.69) is 17.6 Å². The summed E-state index contributed by atoms with van der Waals surface area (Å²) in [5.74, 6) is -1.84. The summed E-state index contributed by atoms with van der Waals surface area (Å²) in [7, 11) is 0. The van der Waals surface area contributed by atoms with E-state index in [4.69, 9.17) is 11.6 Å². The molecule has 2 bridgehead atoms. The van der Waals surface area contributed by atoms with Crippen molar-refractivity contribution in [2.75, 3.05) is 18.5 Å². The minimum absolute atomic E-state index is 0.0679. The molecule has 4 rings (SSSR count). The molecule has 3 heterocycles. The van der Waals surface area contributed by atoms with Crippen molar-refractivity contribution in [3.05, 3.63) is 28.8 Å². The molecule has 3 amide bonds. The number of carbonyl (C=O) groups is 3. The van der Waals surface area contributed by atoms with Crippen LogP contribution in [0.1, 0.15) is 52.5 Å². The van der Waals surface area contributed by atoms with Crippen LogP contribution in [0.2, 0.25) is 5.02 Å². The average molecular weight is 522 g/mol. The molecule has 0 aliphatic carbocycles. The van der Waals surface area contributed by atoms with Crippen LogP contribution in [0.5, 0.6) is 0 Å². The minimum Gasteiger partial charge on any atom is -0.394 e. The van der Waals surface area contributed by atoms with E-state index in [-0.39, 0.29) is 30.2 Å². The van der Waals surface area contributed by atoms with Crippen LogP contribution in [0, 0.1) is 24.7 Å². The Morgan fingerprint density at radius 2 is 2.00 bits per heavy atom. The standard InChI is InChI=1S/C26H36ClN3O4S/c1-6-12-28-22(32)18-19-24(34)30(17(13-31)14(2)3)21(26(19)11-10-25(18,5)35-26)23(33)29-20-15(4)8-7-9-16(20)27/h7-9,14,17-19,21,31H,6,10-13H2,1-5H3,(H,28,32)(H,29,33)/t17-,18+,19-,21?,25-,26?/m0/s1. The molecule has 3 N–H and O–H groups in total. The molecule has 192 valence electrons. The number of aliphatic hydroxyl groups excluding tert-OH is 1. The predicted octanol–water partition coefficient (Wildman–Crippen LogP) is 3.61. The van der Waals surface area contributed by atoms with E-state index in [1.165, 1.54) is 0 Å². The third-order valence-corrected chi connectivity index (χ3v) is 10.4. The topological polar surface area (TPSA) is 98.7 Å². The fourth-order valence-electron chi connectivity index (χ4n) is 6.38. The van der Waals surface area contributed by atoms with Gasteiger partial charge in [0.2, 0.25) is 17.7 Å². The lowest BCUT2D eigenvalue weighted by Crippen LogP contribution is -2.56. The molecule has 2 unspecified atom stereocenters. The number of para-hydroxylation sites is 1. The third kappa shape index (κ3) is 4.05. The zero-order valence-corrected chi connectivity index (χ0v) is 22.6. The summed E-state index contributed by atoms with van der Waals surface area (Å²) in [6, 6.07) is 4.07. The number of carbonyl (C=O) groups excluding carboxylic acids is 3. The van der Waals surface area contributed by atoms with E-state index in [0.717, 1.165) is 18.4 Å². The van der Waals surface area contributed by atoms with Gasteiger partial charge in [0.25, 0.3) is 0 Å². The second kappa shape index (κ2) is 9.60. The molecule has 7 nitrogen and oxygen atoms in total. The Bertz CT molecular complexity index is 1020. The molecule has 6 atom stereocenters. The van der Waals surface area contributed by atoms with Crippen LogP contribution in [0.15, 0.2) is 18.2 Å². The summed E-state index contributed by atoms with van der Waals surface area (Å²) < 4.78 is -1.16. The van der Waals surface area contributed by atoms with Crippen molar-refractivity contribution in [1.29, 1.82) is 0 Å². The van der Waals surface area contributed by atoms with Crippen LogP contribution in [-0.4, -0.2) is 62.5 Å². The molecule has 0 aromatic heterocycles. The molecule has 3 aliphatic rings.